The van der Waals surface area contributed by atoms with Crippen molar-refractivity contribution in [1.82, 2.24) is 20.0 Å². The van der Waals surface area contributed by atoms with Gasteiger partial charge in [-0.3, -0.25) is 4.90 Å². The summed E-state index contributed by atoms with van der Waals surface area (Å²) >= 11 is 0. The highest BCUT2D eigenvalue weighted by molar-refractivity contribution is 5.33. The van der Waals surface area contributed by atoms with E-state index in [0.717, 1.165) is 12.0 Å². The summed E-state index contributed by atoms with van der Waals surface area (Å²) in [6.07, 6.45) is 4.30. The number of likely N-dealkylation sites (N-methyl/N-ethyl adjacent to an activating group) is 1. The minimum Gasteiger partial charge on any atom is -0.395 e. The van der Waals surface area contributed by atoms with E-state index in [9.17, 15) is 13.9 Å². The fraction of sp³-hybridized carbons (Fsp3) is 0.348. The van der Waals surface area contributed by atoms with Gasteiger partial charge in [0, 0.05) is 42.5 Å². The number of benzene rings is 2. The van der Waals surface area contributed by atoms with E-state index in [-0.39, 0.29) is 36.2 Å². The first-order valence-corrected chi connectivity index (χ1v) is 10.1. The second kappa shape index (κ2) is 9.04. The molecule has 0 bridgehead atoms. The lowest BCUT2D eigenvalue weighted by Crippen LogP contribution is -2.32. The van der Waals surface area contributed by atoms with Gasteiger partial charge in [-0.05, 0) is 37.6 Å². The van der Waals surface area contributed by atoms with Crippen molar-refractivity contribution in [3.63, 3.8) is 0 Å². The van der Waals surface area contributed by atoms with Crippen molar-refractivity contribution in [2.45, 2.75) is 25.0 Å². The lowest BCUT2D eigenvalue weighted by molar-refractivity contribution is 0.151. The molecular weight excluding hydrogens is 386 g/mol. The van der Waals surface area contributed by atoms with Crippen molar-refractivity contribution in [1.29, 1.82) is 0 Å². The van der Waals surface area contributed by atoms with Gasteiger partial charge in [0.25, 0.3) is 0 Å². The molecule has 0 amide bonds. The molecule has 2 N–H and O–H groups in total. The summed E-state index contributed by atoms with van der Waals surface area (Å²) < 4.78 is 29.9. The van der Waals surface area contributed by atoms with Crippen molar-refractivity contribution in [2.24, 2.45) is 5.92 Å². The predicted molar refractivity (Wildman–Crippen MR) is 111 cm³/mol. The van der Waals surface area contributed by atoms with E-state index in [4.69, 9.17) is 0 Å². The Morgan fingerprint density at radius 3 is 2.57 bits per heavy atom. The molecule has 1 aromatic heterocycles. The number of hydrogen-bond acceptors (Lipinski definition) is 4. The predicted octanol–water partition coefficient (Wildman–Crippen LogP) is 3.29. The summed E-state index contributed by atoms with van der Waals surface area (Å²) in [5, 5.41) is 17.4. The zero-order valence-corrected chi connectivity index (χ0v) is 16.9. The molecule has 5 nitrogen and oxygen atoms in total. The molecule has 1 aliphatic heterocycles. The van der Waals surface area contributed by atoms with E-state index in [1.165, 1.54) is 16.8 Å². The highest BCUT2D eigenvalue weighted by Crippen LogP contribution is 2.40. The Kier molecular flexibility index (Phi) is 6.22. The zero-order valence-electron chi connectivity index (χ0n) is 16.9. The number of likely N-dealkylation sites (tertiary alicyclic amines) is 1. The number of aromatic nitrogens is 2. The van der Waals surface area contributed by atoms with Crippen LogP contribution in [-0.4, -0.2) is 46.0 Å². The standard InChI is InChI=1S/C23H26F2N4O/c1-28-18(15-30)10-17(23(28)19-6-2-3-7-20(19)24)13-26-11-16-12-27-29(14-16)22-9-5-4-8-21(22)25/h2-9,12,14,17-18,23,26,30H,10-11,13,15H2,1H3/t17-,18+,23-/m1/s1. The average molecular weight is 412 g/mol. The van der Waals surface area contributed by atoms with Crippen molar-refractivity contribution >= 4 is 0 Å². The van der Waals surface area contributed by atoms with Crippen LogP contribution in [0.25, 0.3) is 5.69 Å². The molecule has 0 saturated carbocycles. The van der Waals surface area contributed by atoms with E-state index in [0.29, 0.717) is 24.3 Å². The van der Waals surface area contributed by atoms with Crippen LogP contribution in [0.15, 0.2) is 60.9 Å². The van der Waals surface area contributed by atoms with Gasteiger partial charge < -0.3 is 10.4 Å². The van der Waals surface area contributed by atoms with E-state index in [1.54, 1.807) is 36.7 Å². The molecule has 0 spiro atoms. The van der Waals surface area contributed by atoms with Crippen LogP contribution in [0, 0.1) is 17.6 Å². The van der Waals surface area contributed by atoms with Gasteiger partial charge in [-0.15, -0.1) is 0 Å². The van der Waals surface area contributed by atoms with Crippen LogP contribution in [0.3, 0.4) is 0 Å². The van der Waals surface area contributed by atoms with Gasteiger partial charge in [-0.1, -0.05) is 30.3 Å². The number of nitrogens with zero attached hydrogens (tertiary/aromatic N) is 3. The van der Waals surface area contributed by atoms with Gasteiger partial charge >= 0.3 is 0 Å². The van der Waals surface area contributed by atoms with Gasteiger partial charge in [0.05, 0.1) is 12.8 Å². The number of para-hydroxylation sites is 1. The second-order valence-corrected chi connectivity index (χ2v) is 7.84. The van der Waals surface area contributed by atoms with Crippen LogP contribution in [0.5, 0.6) is 0 Å². The van der Waals surface area contributed by atoms with Crippen LogP contribution in [0.1, 0.15) is 23.6 Å². The molecule has 1 saturated heterocycles. The number of nitrogens with one attached hydrogen (secondary N) is 1. The lowest BCUT2D eigenvalue weighted by atomic mass is 9.92. The number of halogens is 2. The highest BCUT2D eigenvalue weighted by Gasteiger charge is 2.40. The number of rotatable bonds is 7. The fourth-order valence-electron chi connectivity index (χ4n) is 4.41. The minimum absolute atomic E-state index is 0.00483. The van der Waals surface area contributed by atoms with Gasteiger partial charge in [-0.2, -0.15) is 5.10 Å². The Morgan fingerprint density at radius 1 is 1.10 bits per heavy atom. The SMILES string of the molecule is CN1[C@H](CO)C[C@H](CNCc2cnn(-c3ccccc3F)c2)[C@@H]1c1ccccc1F. The summed E-state index contributed by atoms with van der Waals surface area (Å²) in [6.45, 7) is 1.29. The minimum atomic E-state index is -0.322. The van der Waals surface area contributed by atoms with Gasteiger partial charge in [-0.25, -0.2) is 13.5 Å². The van der Waals surface area contributed by atoms with Crippen molar-refractivity contribution in [3.8, 4) is 5.69 Å². The summed E-state index contributed by atoms with van der Waals surface area (Å²) in [7, 11) is 1.94. The molecule has 2 heterocycles. The second-order valence-electron chi connectivity index (χ2n) is 7.84. The Balaban J connectivity index is 1.43. The first-order valence-electron chi connectivity index (χ1n) is 10.1. The molecular formula is C23H26F2N4O. The zero-order chi connectivity index (χ0) is 21.1. The molecule has 0 unspecified atom stereocenters. The Labute approximate surface area is 175 Å². The van der Waals surface area contributed by atoms with Crippen molar-refractivity contribution in [3.05, 3.63) is 83.7 Å². The third-order valence-corrected chi connectivity index (χ3v) is 5.94. The number of aliphatic hydroxyl groups excluding tert-OH is 1. The van der Waals surface area contributed by atoms with Crippen LogP contribution in [0.2, 0.25) is 0 Å². The maximum atomic E-state index is 14.5. The molecule has 30 heavy (non-hydrogen) atoms. The van der Waals surface area contributed by atoms with E-state index in [2.05, 4.69) is 15.3 Å². The quantitative estimate of drug-likeness (QED) is 0.625. The third kappa shape index (κ3) is 4.14. The first-order chi connectivity index (χ1) is 14.6. The maximum absolute atomic E-state index is 14.5. The molecule has 3 atom stereocenters. The van der Waals surface area contributed by atoms with E-state index >= 15 is 0 Å². The molecule has 1 aliphatic rings. The molecule has 0 aliphatic carbocycles. The monoisotopic (exact) mass is 412 g/mol. The Bertz CT molecular complexity index is 993. The van der Waals surface area contributed by atoms with Gasteiger partial charge in [0.2, 0.25) is 0 Å². The Morgan fingerprint density at radius 2 is 1.83 bits per heavy atom. The third-order valence-electron chi connectivity index (χ3n) is 5.94. The fourth-order valence-corrected chi connectivity index (χ4v) is 4.41. The van der Waals surface area contributed by atoms with Crippen LogP contribution in [0.4, 0.5) is 8.78 Å². The highest BCUT2D eigenvalue weighted by atomic mass is 19.1. The molecule has 1 fully saturated rings. The number of aliphatic hydroxyl groups is 1. The number of hydrogen-bond donors (Lipinski definition) is 2. The summed E-state index contributed by atoms with van der Waals surface area (Å²) in [5.41, 5.74) is 2.01. The normalized spacial score (nSPS) is 21.9. The summed E-state index contributed by atoms with van der Waals surface area (Å²) in [6, 6.07) is 13.3. The maximum Gasteiger partial charge on any atom is 0.148 e. The van der Waals surface area contributed by atoms with Crippen molar-refractivity contribution < 1.29 is 13.9 Å². The molecule has 4 rings (SSSR count). The van der Waals surface area contributed by atoms with Crippen LogP contribution in [-0.2, 0) is 6.54 Å². The topological polar surface area (TPSA) is 53.3 Å². The summed E-state index contributed by atoms with van der Waals surface area (Å²) in [5.74, 6) is -0.383. The summed E-state index contributed by atoms with van der Waals surface area (Å²) in [4.78, 5) is 2.07. The van der Waals surface area contributed by atoms with Gasteiger partial charge in [0.1, 0.15) is 17.3 Å². The molecule has 158 valence electrons. The Hall–Kier alpha value is -2.61. The molecule has 7 heteroatoms. The van der Waals surface area contributed by atoms with Crippen molar-refractivity contribution in [2.75, 3.05) is 20.2 Å². The van der Waals surface area contributed by atoms with E-state index < -0.39 is 0 Å². The average Bonchev–Trinajstić information content (AvgIpc) is 3.33. The van der Waals surface area contributed by atoms with E-state index in [1.807, 2.05) is 19.2 Å². The van der Waals surface area contributed by atoms with Gasteiger partial charge in [0.15, 0.2) is 0 Å². The molecule has 3 aromatic rings. The van der Waals surface area contributed by atoms with Crippen LogP contribution >= 0.6 is 0 Å². The van der Waals surface area contributed by atoms with Crippen LogP contribution < -0.4 is 5.32 Å². The molecule has 0 radical (unpaired) electrons. The lowest BCUT2D eigenvalue weighted by Gasteiger charge is -2.28. The first kappa shape index (κ1) is 20.7. The molecule has 2 aromatic carbocycles. The smallest absolute Gasteiger partial charge is 0.148 e. The largest absolute Gasteiger partial charge is 0.395 e.